The predicted octanol–water partition coefficient (Wildman–Crippen LogP) is 4.54. The molecule has 1 aromatic heterocycles. The molecule has 188 valence electrons. The summed E-state index contributed by atoms with van der Waals surface area (Å²) in [6.07, 6.45) is 1.42. The number of urea groups is 1. The minimum atomic E-state index is -0.832. The van der Waals surface area contributed by atoms with Gasteiger partial charge < -0.3 is 20.1 Å². The molecule has 0 aliphatic carbocycles. The average molecular weight is 483 g/mol. The van der Waals surface area contributed by atoms with Crippen molar-refractivity contribution in [1.29, 1.82) is 0 Å². The second-order valence-electron chi connectivity index (χ2n) is 9.68. The minimum Gasteiger partial charge on any atom is -0.481 e. The molecule has 3 amide bonds. The quantitative estimate of drug-likeness (QED) is 0.499. The number of carboxylic acid groups (broad SMARTS) is 1. The van der Waals surface area contributed by atoms with Crippen molar-refractivity contribution in [1.82, 2.24) is 15.2 Å². The number of ether oxygens (including phenoxy) is 1. The van der Waals surface area contributed by atoms with Crippen molar-refractivity contribution in [3.63, 3.8) is 0 Å². The molecule has 3 N–H and O–H groups in total. The molecule has 0 bridgehead atoms. The highest BCUT2D eigenvalue weighted by Crippen LogP contribution is 2.31. The molecule has 0 radical (unpaired) electrons. The fraction of sp³-hybridized carbons (Fsp3) is 0.462. The fourth-order valence-corrected chi connectivity index (χ4v) is 4.10. The Morgan fingerprint density at radius 2 is 1.91 bits per heavy atom. The first-order valence-electron chi connectivity index (χ1n) is 11.9. The van der Waals surface area contributed by atoms with Crippen LogP contribution in [0, 0.1) is 0 Å². The van der Waals surface area contributed by atoms with E-state index >= 15 is 0 Å². The van der Waals surface area contributed by atoms with Gasteiger partial charge in [0.2, 0.25) is 0 Å². The van der Waals surface area contributed by atoms with E-state index in [-0.39, 0.29) is 18.4 Å². The maximum atomic E-state index is 12.8. The number of aromatic nitrogens is 1. The molecule has 0 saturated carbocycles. The van der Waals surface area contributed by atoms with Gasteiger partial charge in [-0.1, -0.05) is 30.3 Å². The second kappa shape index (κ2) is 11.7. The van der Waals surface area contributed by atoms with Crippen LogP contribution in [0.15, 0.2) is 42.5 Å². The van der Waals surface area contributed by atoms with Gasteiger partial charge in [0.1, 0.15) is 11.4 Å². The van der Waals surface area contributed by atoms with Crippen LogP contribution in [0.4, 0.5) is 15.4 Å². The van der Waals surface area contributed by atoms with E-state index < -0.39 is 17.7 Å². The molecule has 0 saturated heterocycles. The topological polar surface area (TPSA) is 121 Å². The zero-order chi connectivity index (χ0) is 25.4. The lowest BCUT2D eigenvalue weighted by Crippen LogP contribution is -2.40. The molecule has 1 aliphatic heterocycles. The van der Waals surface area contributed by atoms with Crippen molar-refractivity contribution in [2.24, 2.45) is 0 Å². The Morgan fingerprint density at radius 1 is 1.14 bits per heavy atom. The van der Waals surface area contributed by atoms with Crippen molar-refractivity contribution in [3.8, 4) is 0 Å². The van der Waals surface area contributed by atoms with E-state index in [2.05, 4.69) is 15.6 Å². The van der Waals surface area contributed by atoms with Crippen LogP contribution >= 0.6 is 0 Å². The van der Waals surface area contributed by atoms with Crippen LogP contribution in [0.1, 0.15) is 62.8 Å². The average Bonchev–Trinajstić information content (AvgIpc) is 2.95. The molecular weight excluding hydrogens is 448 g/mol. The largest absolute Gasteiger partial charge is 0.481 e. The number of carbonyl (C=O) groups excluding carboxylic acids is 2. The summed E-state index contributed by atoms with van der Waals surface area (Å²) < 4.78 is 5.25. The van der Waals surface area contributed by atoms with E-state index in [1.54, 1.807) is 31.7 Å². The van der Waals surface area contributed by atoms with Crippen molar-refractivity contribution < 1.29 is 24.2 Å². The number of nitrogens with one attached hydrogen (secondary N) is 2. The first-order chi connectivity index (χ1) is 16.6. The molecule has 9 nitrogen and oxygen atoms in total. The smallest absolute Gasteiger partial charge is 0.413 e. The molecule has 35 heavy (non-hydrogen) atoms. The van der Waals surface area contributed by atoms with E-state index in [1.165, 1.54) is 0 Å². The molecular formula is C26H34N4O5. The lowest BCUT2D eigenvalue weighted by atomic mass is 9.90. The highest BCUT2D eigenvalue weighted by molar-refractivity contribution is 5.83. The maximum Gasteiger partial charge on any atom is 0.413 e. The SMILES string of the molecule is CC(C)(C)OC(=O)Nc1cccc(CCCNC(=O)N2CCC(CC(=O)O)c3ccccc3C2)n1. The maximum absolute atomic E-state index is 12.8. The van der Waals surface area contributed by atoms with Gasteiger partial charge in [-0.15, -0.1) is 0 Å². The molecule has 0 fully saturated rings. The molecule has 1 aliphatic rings. The van der Waals surface area contributed by atoms with E-state index in [0.717, 1.165) is 16.8 Å². The summed E-state index contributed by atoms with van der Waals surface area (Å²) >= 11 is 0. The molecule has 2 aromatic rings. The van der Waals surface area contributed by atoms with Crippen LogP contribution in [0.2, 0.25) is 0 Å². The van der Waals surface area contributed by atoms with Gasteiger partial charge in [0, 0.05) is 25.3 Å². The first-order valence-corrected chi connectivity index (χ1v) is 11.9. The van der Waals surface area contributed by atoms with E-state index in [4.69, 9.17) is 4.74 Å². The number of carbonyl (C=O) groups is 3. The van der Waals surface area contributed by atoms with Gasteiger partial charge in [-0.3, -0.25) is 10.1 Å². The predicted molar refractivity (Wildman–Crippen MR) is 132 cm³/mol. The number of nitrogens with zero attached hydrogens (tertiary/aromatic N) is 2. The Labute approximate surface area is 205 Å². The highest BCUT2D eigenvalue weighted by Gasteiger charge is 2.26. The number of pyridine rings is 1. The third kappa shape index (κ3) is 8.27. The number of fused-ring (bicyclic) bond motifs is 1. The van der Waals surface area contributed by atoms with Crippen LogP contribution in [-0.4, -0.2) is 51.8 Å². The summed E-state index contributed by atoms with van der Waals surface area (Å²) in [5.74, 6) is -0.518. The third-order valence-electron chi connectivity index (χ3n) is 5.63. The first kappa shape index (κ1) is 26.0. The third-order valence-corrected chi connectivity index (χ3v) is 5.63. The number of aryl methyl sites for hydroxylation is 1. The number of hydrogen-bond acceptors (Lipinski definition) is 5. The number of carboxylic acids is 1. The molecule has 0 spiro atoms. The number of anilines is 1. The summed E-state index contributed by atoms with van der Waals surface area (Å²) in [4.78, 5) is 42.2. The van der Waals surface area contributed by atoms with Crippen molar-refractivity contribution in [2.75, 3.05) is 18.4 Å². The lowest BCUT2D eigenvalue weighted by Gasteiger charge is -2.21. The van der Waals surface area contributed by atoms with Crippen molar-refractivity contribution >= 4 is 23.9 Å². The zero-order valence-electron chi connectivity index (χ0n) is 20.5. The van der Waals surface area contributed by atoms with Gasteiger partial charge in [-0.05, 0) is 69.2 Å². The Bertz CT molecular complexity index is 1050. The molecule has 9 heteroatoms. The summed E-state index contributed by atoms with van der Waals surface area (Å²) in [5.41, 5.74) is 2.21. The highest BCUT2D eigenvalue weighted by atomic mass is 16.6. The van der Waals surface area contributed by atoms with E-state index in [1.807, 2.05) is 36.4 Å². The molecule has 1 unspecified atom stereocenters. The summed E-state index contributed by atoms with van der Waals surface area (Å²) in [6, 6.07) is 13.0. The second-order valence-corrected chi connectivity index (χ2v) is 9.68. The number of amides is 3. The van der Waals surface area contributed by atoms with Gasteiger partial charge in [-0.25, -0.2) is 14.6 Å². The van der Waals surface area contributed by atoms with Crippen LogP contribution in [-0.2, 0) is 22.5 Å². The molecule has 1 aromatic carbocycles. The van der Waals surface area contributed by atoms with Gasteiger partial charge in [0.25, 0.3) is 0 Å². The van der Waals surface area contributed by atoms with E-state index in [0.29, 0.717) is 44.7 Å². The number of hydrogen-bond donors (Lipinski definition) is 3. The van der Waals surface area contributed by atoms with Crippen molar-refractivity contribution in [3.05, 3.63) is 59.3 Å². The van der Waals surface area contributed by atoms with E-state index in [9.17, 15) is 19.5 Å². The molecule has 1 atom stereocenters. The number of rotatable bonds is 7. The van der Waals surface area contributed by atoms with Crippen LogP contribution in [0.5, 0.6) is 0 Å². The van der Waals surface area contributed by atoms with Crippen LogP contribution in [0.25, 0.3) is 0 Å². The normalized spacial score (nSPS) is 15.5. The van der Waals surface area contributed by atoms with Crippen molar-refractivity contribution in [2.45, 2.75) is 64.5 Å². The summed E-state index contributed by atoms with van der Waals surface area (Å²) in [6.45, 7) is 6.81. The van der Waals surface area contributed by atoms with Crippen LogP contribution < -0.4 is 10.6 Å². The molecule has 3 rings (SSSR count). The Kier molecular flexibility index (Phi) is 8.68. The lowest BCUT2D eigenvalue weighted by molar-refractivity contribution is -0.137. The Hall–Kier alpha value is -3.62. The number of benzene rings is 1. The number of aliphatic carboxylic acids is 1. The van der Waals surface area contributed by atoms with Gasteiger partial charge in [0.15, 0.2) is 0 Å². The van der Waals surface area contributed by atoms with Gasteiger partial charge in [0.05, 0.1) is 6.42 Å². The standard InChI is InChI=1S/C26H34N4O5/c1-26(2,3)35-25(34)29-22-12-6-9-20(28-22)10-7-14-27-24(33)30-15-13-18(16-23(31)32)21-11-5-4-8-19(21)17-30/h4-6,8-9,11-12,18H,7,10,13-17H2,1-3H3,(H,27,33)(H,31,32)(H,28,29,34). The monoisotopic (exact) mass is 482 g/mol. The van der Waals surface area contributed by atoms with Crippen LogP contribution in [0.3, 0.4) is 0 Å². The van der Waals surface area contributed by atoms with Gasteiger partial charge in [-0.2, -0.15) is 0 Å². The van der Waals surface area contributed by atoms with Gasteiger partial charge >= 0.3 is 18.1 Å². The Balaban J connectivity index is 1.49. The minimum absolute atomic E-state index is 0.0569. The fourth-order valence-electron chi connectivity index (χ4n) is 4.10. The Morgan fingerprint density at radius 3 is 2.66 bits per heavy atom. The molecule has 2 heterocycles. The summed E-state index contributed by atoms with van der Waals surface area (Å²) in [5, 5.41) is 14.9. The zero-order valence-corrected chi connectivity index (χ0v) is 20.5. The summed E-state index contributed by atoms with van der Waals surface area (Å²) in [7, 11) is 0.